The number of nitrogens with zero attached hydrogens (tertiary/aromatic N) is 2. The quantitative estimate of drug-likeness (QED) is 0.392. The Kier molecular flexibility index (Phi) is 8.37. The fraction of sp³-hybridized carbons (Fsp3) is 0.379. The third-order valence-corrected chi connectivity index (χ3v) is 7.37. The minimum absolute atomic E-state index is 0.0113. The van der Waals surface area contributed by atoms with Crippen LogP contribution in [0.1, 0.15) is 58.6 Å². The van der Waals surface area contributed by atoms with Crippen molar-refractivity contribution in [3.63, 3.8) is 0 Å². The number of carbonyl (C=O) groups excluding carboxylic acids is 2. The molecule has 5 nitrogen and oxygen atoms in total. The Labute approximate surface area is 212 Å². The maximum Gasteiger partial charge on any atom is 0.254 e. The Morgan fingerprint density at radius 1 is 1.06 bits per heavy atom. The van der Waals surface area contributed by atoms with Crippen LogP contribution in [0.3, 0.4) is 0 Å². The van der Waals surface area contributed by atoms with Crippen molar-refractivity contribution in [2.45, 2.75) is 38.8 Å². The number of thiophene rings is 1. The van der Waals surface area contributed by atoms with Gasteiger partial charge in [-0.1, -0.05) is 68.4 Å². The summed E-state index contributed by atoms with van der Waals surface area (Å²) in [5.74, 6) is -0.124. The minimum atomic E-state index is -0.427. The number of amides is 2. The molecule has 1 aliphatic rings. The highest BCUT2D eigenvalue weighted by Crippen LogP contribution is 2.44. The van der Waals surface area contributed by atoms with E-state index >= 15 is 0 Å². The molecule has 2 atom stereocenters. The van der Waals surface area contributed by atoms with Gasteiger partial charge < -0.3 is 15.1 Å². The molecule has 2 amide bonds. The van der Waals surface area contributed by atoms with E-state index in [0.717, 1.165) is 30.0 Å². The van der Waals surface area contributed by atoms with Crippen molar-refractivity contribution in [1.82, 2.24) is 15.1 Å². The second-order valence-electron chi connectivity index (χ2n) is 9.74. The maximum atomic E-state index is 13.7. The highest BCUT2D eigenvalue weighted by atomic mass is 32.1. The van der Waals surface area contributed by atoms with Gasteiger partial charge in [-0.15, -0.1) is 11.3 Å². The van der Waals surface area contributed by atoms with E-state index in [1.54, 1.807) is 11.3 Å². The van der Waals surface area contributed by atoms with Crippen LogP contribution < -0.4 is 5.32 Å². The van der Waals surface area contributed by atoms with E-state index in [2.05, 4.69) is 55.4 Å². The first-order valence-corrected chi connectivity index (χ1v) is 13.3. The second kappa shape index (κ2) is 11.6. The van der Waals surface area contributed by atoms with Gasteiger partial charge in [0.15, 0.2) is 0 Å². The standard InChI is InChI=1S/C29H35N3O2S/c1-21(2)19-32-27(25-15-9-18-35-25)26(23-13-7-8-14-24(23)29(32)34)28(33)30-16-10-17-31(3)20-22-11-5-4-6-12-22/h4-9,11-15,18,21,26-27H,10,16-17,19-20H2,1-3H3,(H,30,33)/t26-,27+/m1/s1. The molecule has 1 aliphatic heterocycles. The van der Waals surface area contributed by atoms with Gasteiger partial charge in [0.05, 0.1) is 12.0 Å². The van der Waals surface area contributed by atoms with E-state index in [9.17, 15) is 9.59 Å². The molecule has 0 fully saturated rings. The molecule has 0 bridgehead atoms. The van der Waals surface area contributed by atoms with Crippen molar-refractivity contribution < 1.29 is 9.59 Å². The average molecular weight is 490 g/mol. The van der Waals surface area contributed by atoms with Crippen molar-refractivity contribution in [3.8, 4) is 0 Å². The highest BCUT2D eigenvalue weighted by Gasteiger charge is 2.44. The SMILES string of the molecule is CC(C)CN1C(=O)c2ccccc2[C@@H](C(=O)NCCCN(C)Cc2ccccc2)[C@@H]1c1cccs1. The fourth-order valence-corrected chi connectivity index (χ4v) is 5.76. The summed E-state index contributed by atoms with van der Waals surface area (Å²) in [7, 11) is 2.11. The zero-order valence-electron chi connectivity index (χ0n) is 20.8. The van der Waals surface area contributed by atoms with Gasteiger partial charge >= 0.3 is 0 Å². The molecule has 4 rings (SSSR count). The number of benzene rings is 2. The molecule has 0 saturated heterocycles. The summed E-state index contributed by atoms with van der Waals surface area (Å²) in [5.41, 5.74) is 2.75. The van der Waals surface area contributed by atoms with E-state index < -0.39 is 5.92 Å². The van der Waals surface area contributed by atoms with Crippen LogP contribution in [0.15, 0.2) is 72.1 Å². The highest BCUT2D eigenvalue weighted by molar-refractivity contribution is 7.10. The second-order valence-corrected chi connectivity index (χ2v) is 10.7. The van der Waals surface area contributed by atoms with Crippen molar-refractivity contribution in [3.05, 3.63) is 93.7 Å². The zero-order chi connectivity index (χ0) is 24.8. The van der Waals surface area contributed by atoms with Gasteiger partial charge in [-0.3, -0.25) is 9.59 Å². The first-order valence-electron chi connectivity index (χ1n) is 12.4. The molecule has 1 N–H and O–H groups in total. The summed E-state index contributed by atoms with van der Waals surface area (Å²) >= 11 is 1.61. The molecule has 0 saturated carbocycles. The molecule has 2 heterocycles. The number of nitrogens with one attached hydrogen (secondary N) is 1. The predicted molar refractivity (Wildman–Crippen MR) is 143 cm³/mol. The summed E-state index contributed by atoms with van der Waals surface area (Å²) in [6.45, 7) is 7.22. The van der Waals surface area contributed by atoms with Gasteiger partial charge in [-0.05, 0) is 54.6 Å². The third kappa shape index (κ3) is 6.00. The Balaban J connectivity index is 1.48. The lowest BCUT2D eigenvalue weighted by Gasteiger charge is -2.42. The van der Waals surface area contributed by atoms with Crippen LogP contribution in [0.2, 0.25) is 0 Å². The molecule has 0 radical (unpaired) electrons. The van der Waals surface area contributed by atoms with E-state index in [-0.39, 0.29) is 17.9 Å². The van der Waals surface area contributed by atoms with E-state index in [1.807, 2.05) is 52.7 Å². The number of carbonyl (C=O) groups is 2. The number of rotatable bonds is 10. The Morgan fingerprint density at radius 2 is 1.80 bits per heavy atom. The maximum absolute atomic E-state index is 13.7. The molecule has 0 spiro atoms. The molecule has 0 aliphatic carbocycles. The van der Waals surface area contributed by atoms with Gasteiger partial charge in [0.25, 0.3) is 5.91 Å². The normalized spacial score (nSPS) is 17.6. The van der Waals surface area contributed by atoms with Gasteiger partial charge in [0.1, 0.15) is 0 Å². The third-order valence-electron chi connectivity index (χ3n) is 6.43. The van der Waals surface area contributed by atoms with Crippen LogP contribution in [0.25, 0.3) is 0 Å². The van der Waals surface area contributed by atoms with Crippen LogP contribution in [-0.2, 0) is 11.3 Å². The van der Waals surface area contributed by atoms with E-state index in [4.69, 9.17) is 0 Å². The van der Waals surface area contributed by atoms with Crippen molar-refractivity contribution in [1.29, 1.82) is 0 Å². The molecule has 1 aromatic heterocycles. The zero-order valence-corrected chi connectivity index (χ0v) is 21.6. The van der Waals surface area contributed by atoms with E-state index in [1.165, 1.54) is 5.56 Å². The van der Waals surface area contributed by atoms with Gasteiger partial charge in [-0.25, -0.2) is 0 Å². The summed E-state index contributed by atoms with van der Waals surface area (Å²) in [6, 6.07) is 21.8. The summed E-state index contributed by atoms with van der Waals surface area (Å²) in [5, 5.41) is 5.21. The van der Waals surface area contributed by atoms with E-state index in [0.29, 0.717) is 24.6 Å². The smallest absolute Gasteiger partial charge is 0.254 e. The fourth-order valence-electron chi connectivity index (χ4n) is 4.89. The van der Waals surface area contributed by atoms with Gasteiger partial charge in [-0.2, -0.15) is 0 Å². The van der Waals surface area contributed by atoms with Gasteiger partial charge in [0.2, 0.25) is 5.91 Å². The lowest BCUT2D eigenvalue weighted by molar-refractivity contribution is -0.124. The molecule has 184 valence electrons. The van der Waals surface area contributed by atoms with Crippen LogP contribution in [0.5, 0.6) is 0 Å². The Bertz CT molecular complexity index is 1110. The Hall–Kier alpha value is -2.96. The minimum Gasteiger partial charge on any atom is -0.355 e. The summed E-state index contributed by atoms with van der Waals surface area (Å²) < 4.78 is 0. The van der Waals surface area contributed by atoms with Crippen LogP contribution in [0.4, 0.5) is 0 Å². The van der Waals surface area contributed by atoms with Gasteiger partial charge in [0, 0.05) is 30.1 Å². The Morgan fingerprint density at radius 3 is 2.51 bits per heavy atom. The number of hydrogen-bond acceptors (Lipinski definition) is 4. The van der Waals surface area contributed by atoms with Crippen LogP contribution in [0, 0.1) is 5.92 Å². The van der Waals surface area contributed by atoms with Crippen LogP contribution in [-0.4, -0.2) is 48.3 Å². The molecule has 35 heavy (non-hydrogen) atoms. The lowest BCUT2D eigenvalue weighted by atomic mass is 9.81. The molecular formula is C29H35N3O2S. The first-order chi connectivity index (χ1) is 17.0. The van der Waals surface area contributed by atoms with Crippen LogP contribution >= 0.6 is 11.3 Å². The topological polar surface area (TPSA) is 52.7 Å². The summed E-state index contributed by atoms with van der Waals surface area (Å²) in [4.78, 5) is 32.4. The number of hydrogen-bond donors (Lipinski definition) is 1. The molecule has 3 aromatic rings. The predicted octanol–water partition coefficient (Wildman–Crippen LogP) is 5.32. The molecule has 6 heteroatoms. The van der Waals surface area contributed by atoms with Crippen molar-refractivity contribution in [2.24, 2.45) is 5.92 Å². The van der Waals surface area contributed by atoms with Crippen molar-refractivity contribution >= 4 is 23.2 Å². The molecule has 2 aromatic carbocycles. The molecule has 0 unspecified atom stereocenters. The lowest BCUT2D eigenvalue weighted by Crippen LogP contribution is -2.48. The summed E-state index contributed by atoms with van der Waals surface area (Å²) in [6.07, 6.45) is 0.863. The largest absolute Gasteiger partial charge is 0.355 e. The first kappa shape index (κ1) is 25.1. The number of fused-ring (bicyclic) bond motifs is 1. The monoisotopic (exact) mass is 489 g/mol. The van der Waals surface area contributed by atoms with Crippen molar-refractivity contribution in [2.75, 3.05) is 26.7 Å². The molecular weight excluding hydrogens is 454 g/mol. The average Bonchev–Trinajstić information content (AvgIpc) is 3.38.